The molecule has 0 unspecified atom stereocenters. The van der Waals surface area contributed by atoms with Crippen LogP contribution in [-0.2, 0) is 11.3 Å². The number of ether oxygens (including phenoxy) is 3. The first-order valence-electron chi connectivity index (χ1n) is 10.7. The Morgan fingerprint density at radius 2 is 1.86 bits per heavy atom. The van der Waals surface area contributed by atoms with Gasteiger partial charge in [-0.15, -0.1) is 0 Å². The van der Waals surface area contributed by atoms with E-state index in [2.05, 4.69) is 21.9 Å². The van der Waals surface area contributed by atoms with Crippen molar-refractivity contribution in [3.05, 3.63) is 23.8 Å². The number of methoxy groups -OCH3 is 1. The number of rotatable bonds is 6. The fraction of sp³-hybridized carbons (Fsp3) is 0.727. The third-order valence-corrected chi connectivity index (χ3v) is 6.63. The molecule has 1 aliphatic carbocycles. The second kappa shape index (κ2) is 8.99. The maximum atomic E-state index is 10.8. The minimum absolute atomic E-state index is 0.204. The van der Waals surface area contributed by atoms with Gasteiger partial charge in [0.25, 0.3) is 0 Å². The fourth-order valence-corrected chi connectivity index (χ4v) is 5.28. The van der Waals surface area contributed by atoms with Crippen molar-refractivity contribution in [2.45, 2.75) is 38.5 Å². The Bertz CT molecular complexity index is 649. The summed E-state index contributed by atoms with van der Waals surface area (Å²) in [6.07, 6.45) is 1.83. The molecule has 28 heavy (non-hydrogen) atoms. The van der Waals surface area contributed by atoms with Crippen LogP contribution in [0, 0.1) is 11.8 Å². The van der Waals surface area contributed by atoms with Crippen LogP contribution >= 0.6 is 0 Å². The minimum Gasteiger partial charge on any atom is -0.493 e. The quantitative estimate of drug-likeness (QED) is 0.802. The first-order chi connectivity index (χ1) is 13.7. The molecule has 1 aromatic rings. The molecule has 0 bridgehead atoms. The van der Waals surface area contributed by atoms with E-state index in [4.69, 9.17) is 14.2 Å². The highest BCUT2D eigenvalue weighted by atomic mass is 16.5. The molecular formula is C22H34N2O4. The van der Waals surface area contributed by atoms with Crippen molar-refractivity contribution < 1.29 is 19.3 Å². The van der Waals surface area contributed by atoms with Crippen LogP contribution in [0.3, 0.4) is 0 Å². The summed E-state index contributed by atoms with van der Waals surface area (Å²) in [6, 6.07) is 6.55. The second-order valence-corrected chi connectivity index (χ2v) is 8.39. The van der Waals surface area contributed by atoms with Crippen LogP contribution in [0.15, 0.2) is 18.2 Å². The maximum absolute atomic E-state index is 10.8. The number of hydrogen-bond acceptors (Lipinski definition) is 6. The smallest absolute Gasteiger partial charge is 0.161 e. The van der Waals surface area contributed by atoms with Gasteiger partial charge in [0.1, 0.15) is 0 Å². The number of benzene rings is 1. The molecule has 6 nitrogen and oxygen atoms in total. The van der Waals surface area contributed by atoms with Crippen molar-refractivity contribution in [3.8, 4) is 11.5 Å². The molecule has 3 fully saturated rings. The van der Waals surface area contributed by atoms with Crippen molar-refractivity contribution >= 4 is 0 Å². The standard InChI is InChI=1S/C22H34N2O4/c1-3-28-21-5-4-16(10-22(21)26-2)13-23-14-17-11-19(20(25)12-18(17)15-23)24-6-8-27-9-7-24/h4-5,10,17-20,25H,3,6-9,11-15H2,1-2H3/t17-,18+,19-,20-/m1/s1. The van der Waals surface area contributed by atoms with E-state index in [0.717, 1.165) is 70.3 Å². The summed E-state index contributed by atoms with van der Waals surface area (Å²) in [4.78, 5) is 4.99. The van der Waals surface area contributed by atoms with E-state index in [-0.39, 0.29) is 6.10 Å². The van der Waals surface area contributed by atoms with Crippen molar-refractivity contribution in [2.75, 3.05) is 53.1 Å². The highest BCUT2D eigenvalue weighted by Gasteiger charge is 2.43. The summed E-state index contributed by atoms with van der Waals surface area (Å²) in [7, 11) is 1.69. The number of fused-ring (bicyclic) bond motifs is 1. The van der Waals surface area contributed by atoms with Crippen LogP contribution in [-0.4, -0.2) is 80.2 Å². The molecule has 2 saturated heterocycles. The number of hydrogen-bond donors (Lipinski definition) is 1. The number of aliphatic hydroxyl groups is 1. The van der Waals surface area contributed by atoms with Gasteiger partial charge in [0.15, 0.2) is 11.5 Å². The largest absolute Gasteiger partial charge is 0.493 e. The summed E-state index contributed by atoms with van der Waals surface area (Å²) < 4.78 is 16.6. The third kappa shape index (κ3) is 4.30. The molecule has 6 heteroatoms. The predicted octanol–water partition coefficient (Wildman–Crippen LogP) is 2.00. The van der Waals surface area contributed by atoms with Crippen molar-refractivity contribution in [1.29, 1.82) is 0 Å². The molecule has 0 amide bonds. The minimum atomic E-state index is -0.204. The van der Waals surface area contributed by atoms with Crippen LogP contribution in [0.1, 0.15) is 25.3 Å². The Kier molecular flexibility index (Phi) is 6.41. The first kappa shape index (κ1) is 20.0. The van der Waals surface area contributed by atoms with Crippen LogP contribution in [0.5, 0.6) is 11.5 Å². The SMILES string of the molecule is CCOc1ccc(CN2C[C@H]3C[C@@H](N4CCOCC4)[C@H](O)C[C@H]3C2)cc1OC. The van der Waals surface area contributed by atoms with E-state index in [9.17, 15) is 5.11 Å². The molecule has 3 aliphatic rings. The summed E-state index contributed by atoms with van der Waals surface area (Å²) >= 11 is 0. The van der Waals surface area contributed by atoms with Crippen molar-refractivity contribution in [3.63, 3.8) is 0 Å². The summed E-state index contributed by atoms with van der Waals surface area (Å²) in [5.74, 6) is 2.90. The molecule has 1 saturated carbocycles. The Balaban J connectivity index is 1.37. The highest BCUT2D eigenvalue weighted by molar-refractivity contribution is 5.43. The second-order valence-electron chi connectivity index (χ2n) is 8.39. The highest BCUT2D eigenvalue weighted by Crippen LogP contribution is 2.39. The summed E-state index contributed by atoms with van der Waals surface area (Å²) in [5.41, 5.74) is 1.25. The lowest BCUT2D eigenvalue weighted by atomic mass is 9.77. The van der Waals surface area contributed by atoms with Crippen LogP contribution in [0.25, 0.3) is 0 Å². The number of nitrogens with zero attached hydrogens (tertiary/aromatic N) is 2. The van der Waals surface area contributed by atoms with Gasteiger partial charge in [0, 0.05) is 38.8 Å². The lowest BCUT2D eigenvalue weighted by molar-refractivity contribution is -0.0520. The van der Waals surface area contributed by atoms with E-state index >= 15 is 0 Å². The molecule has 156 valence electrons. The van der Waals surface area contributed by atoms with E-state index in [1.807, 2.05) is 13.0 Å². The third-order valence-electron chi connectivity index (χ3n) is 6.63. The van der Waals surface area contributed by atoms with Crippen molar-refractivity contribution in [2.24, 2.45) is 11.8 Å². The van der Waals surface area contributed by atoms with Gasteiger partial charge in [0.05, 0.1) is 33.0 Å². The molecule has 4 atom stereocenters. The first-order valence-corrected chi connectivity index (χ1v) is 10.7. The van der Waals surface area contributed by atoms with Crippen LogP contribution in [0.2, 0.25) is 0 Å². The average molecular weight is 391 g/mol. The maximum Gasteiger partial charge on any atom is 0.161 e. The zero-order chi connectivity index (χ0) is 19.5. The van der Waals surface area contributed by atoms with E-state index in [0.29, 0.717) is 24.5 Å². The summed E-state index contributed by atoms with van der Waals surface area (Å²) in [5, 5.41) is 10.8. The molecule has 2 heterocycles. The molecular weight excluding hydrogens is 356 g/mol. The van der Waals surface area contributed by atoms with Gasteiger partial charge in [-0.1, -0.05) is 6.07 Å². The van der Waals surface area contributed by atoms with Gasteiger partial charge in [0.2, 0.25) is 0 Å². The van der Waals surface area contributed by atoms with E-state index in [1.165, 1.54) is 5.56 Å². The van der Waals surface area contributed by atoms with Gasteiger partial charge in [-0.05, 0) is 49.3 Å². The van der Waals surface area contributed by atoms with Gasteiger partial charge in [-0.25, -0.2) is 0 Å². The zero-order valence-corrected chi connectivity index (χ0v) is 17.2. The Morgan fingerprint density at radius 3 is 2.57 bits per heavy atom. The number of morpholine rings is 1. The lowest BCUT2D eigenvalue weighted by Gasteiger charge is -2.43. The molecule has 4 rings (SSSR count). The molecule has 0 radical (unpaired) electrons. The topological polar surface area (TPSA) is 54.4 Å². The predicted molar refractivity (Wildman–Crippen MR) is 108 cm³/mol. The number of likely N-dealkylation sites (tertiary alicyclic amines) is 1. The van der Waals surface area contributed by atoms with Gasteiger partial charge >= 0.3 is 0 Å². The molecule has 0 aromatic heterocycles. The monoisotopic (exact) mass is 390 g/mol. The van der Waals surface area contributed by atoms with Gasteiger partial charge in [-0.3, -0.25) is 9.80 Å². The molecule has 1 aromatic carbocycles. The fourth-order valence-electron chi connectivity index (χ4n) is 5.28. The molecule has 2 aliphatic heterocycles. The number of aliphatic hydroxyl groups excluding tert-OH is 1. The van der Waals surface area contributed by atoms with E-state index in [1.54, 1.807) is 7.11 Å². The lowest BCUT2D eigenvalue weighted by Crippen LogP contribution is -2.53. The van der Waals surface area contributed by atoms with Crippen LogP contribution in [0.4, 0.5) is 0 Å². The zero-order valence-electron chi connectivity index (χ0n) is 17.2. The van der Waals surface area contributed by atoms with Gasteiger partial charge in [-0.2, -0.15) is 0 Å². The van der Waals surface area contributed by atoms with Crippen molar-refractivity contribution in [1.82, 2.24) is 9.80 Å². The van der Waals surface area contributed by atoms with E-state index < -0.39 is 0 Å². The molecule has 1 N–H and O–H groups in total. The Morgan fingerprint density at radius 1 is 1.11 bits per heavy atom. The average Bonchev–Trinajstić information content (AvgIpc) is 3.10. The Labute approximate surface area is 168 Å². The van der Waals surface area contributed by atoms with Crippen LogP contribution < -0.4 is 9.47 Å². The normalized spacial score (nSPS) is 31.5. The Hall–Kier alpha value is -1.34. The molecule has 0 spiro atoms. The van der Waals surface area contributed by atoms with Gasteiger partial charge < -0.3 is 19.3 Å². The summed E-state index contributed by atoms with van der Waals surface area (Å²) in [6.45, 7) is 9.24.